The van der Waals surface area contributed by atoms with Gasteiger partial charge in [0.25, 0.3) is 0 Å². The summed E-state index contributed by atoms with van der Waals surface area (Å²) < 4.78 is 82.1. The van der Waals surface area contributed by atoms with Gasteiger partial charge in [0, 0.05) is 12.1 Å². The van der Waals surface area contributed by atoms with Crippen molar-refractivity contribution in [2.24, 2.45) is 0 Å². The highest BCUT2D eigenvalue weighted by Crippen LogP contribution is 2.36. The SMILES string of the molecule is OC1=CC=C(OC(F)(F)F)N(c2cc(OCC(F)(F)F)ncc2O)C1. The first-order valence-electron chi connectivity index (χ1n) is 6.46. The van der Waals surface area contributed by atoms with Gasteiger partial charge in [0.1, 0.15) is 5.76 Å². The Morgan fingerprint density at radius 1 is 1.12 bits per heavy atom. The molecule has 6 nitrogen and oxygen atoms in total. The number of nitrogens with zero attached hydrogens (tertiary/aromatic N) is 2. The van der Waals surface area contributed by atoms with E-state index < -0.39 is 48.9 Å². The van der Waals surface area contributed by atoms with Crippen LogP contribution in [0.4, 0.5) is 32.0 Å². The van der Waals surface area contributed by atoms with Crippen molar-refractivity contribution in [3.8, 4) is 11.6 Å². The first-order valence-corrected chi connectivity index (χ1v) is 6.46. The lowest BCUT2D eigenvalue weighted by Gasteiger charge is -2.29. The molecule has 0 atom stereocenters. The van der Waals surface area contributed by atoms with Gasteiger partial charge in [0.05, 0.1) is 18.4 Å². The molecule has 0 aromatic carbocycles. The number of halogens is 6. The summed E-state index contributed by atoms with van der Waals surface area (Å²) >= 11 is 0. The summed E-state index contributed by atoms with van der Waals surface area (Å²) in [6.07, 6.45) is -7.31. The molecule has 0 saturated heterocycles. The smallest absolute Gasteiger partial charge is 0.510 e. The zero-order chi connectivity index (χ0) is 18.8. The Balaban J connectivity index is 2.31. The molecule has 1 aromatic heterocycles. The fourth-order valence-electron chi connectivity index (χ4n) is 1.83. The van der Waals surface area contributed by atoms with Crippen molar-refractivity contribution in [3.63, 3.8) is 0 Å². The number of aliphatic hydroxyl groups excluding tert-OH is 1. The van der Waals surface area contributed by atoms with Crippen molar-refractivity contribution in [2.45, 2.75) is 12.5 Å². The van der Waals surface area contributed by atoms with E-state index in [0.717, 1.165) is 18.2 Å². The van der Waals surface area contributed by atoms with Crippen LogP contribution in [0.15, 0.2) is 36.1 Å². The van der Waals surface area contributed by atoms with Gasteiger partial charge in [0.2, 0.25) is 11.8 Å². The maximum absolute atomic E-state index is 12.5. The number of aliphatic hydroxyl groups is 1. The van der Waals surface area contributed by atoms with Gasteiger partial charge in [-0.2, -0.15) is 13.2 Å². The predicted octanol–water partition coefficient (Wildman–Crippen LogP) is 3.37. The first kappa shape index (κ1) is 18.5. The van der Waals surface area contributed by atoms with Crippen molar-refractivity contribution < 1.29 is 46.0 Å². The molecule has 0 bridgehead atoms. The molecule has 12 heteroatoms. The molecule has 1 aromatic rings. The third-order valence-corrected chi connectivity index (χ3v) is 2.74. The van der Waals surface area contributed by atoms with Gasteiger partial charge in [-0.1, -0.05) is 0 Å². The van der Waals surface area contributed by atoms with Gasteiger partial charge in [-0.15, -0.1) is 13.2 Å². The first-order chi connectivity index (χ1) is 11.4. The number of hydrogen-bond donors (Lipinski definition) is 2. The molecule has 25 heavy (non-hydrogen) atoms. The number of ether oxygens (including phenoxy) is 2. The second-order valence-electron chi connectivity index (χ2n) is 4.71. The zero-order valence-electron chi connectivity index (χ0n) is 12.1. The molecule has 0 radical (unpaired) electrons. The lowest BCUT2D eigenvalue weighted by Crippen LogP contribution is -2.32. The number of alkyl halides is 6. The lowest BCUT2D eigenvalue weighted by molar-refractivity contribution is -0.306. The van der Waals surface area contributed by atoms with Crippen molar-refractivity contribution in [3.05, 3.63) is 36.1 Å². The van der Waals surface area contributed by atoms with E-state index in [1.54, 1.807) is 0 Å². The van der Waals surface area contributed by atoms with E-state index in [0.29, 0.717) is 11.1 Å². The van der Waals surface area contributed by atoms with Gasteiger partial charge >= 0.3 is 12.5 Å². The highest BCUT2D eigenvalue weighted by molar-refractivity contribution is 5.63. The van der Waals surface area contributed by atoms with Crippen LogP contribution in [0, 0.1) is 0 Å². The zero-order valence-corrected chi connectivity index (χ0v) is 12.1. The molecular weight excluding hydrogens is 362 g/mol. The van der Waals surface area contributed by atoms with E-state index in [1.807, 2.05) is 0 Å². The van der Waals surface area contributed by atoms with E-state index in [2.05, 4.69) is 14.5 Å². The Bertz CT molecular complexity index is 699. The highest BCUT2D eigenvalue weighted by atomic mass is 19.4. The van der Waals surface area contributed by atoms with E-state index in [1.165, 1.54) is 0 Å². The van der Waals surface area contributed by atoms with Crippen LogP contribution in [0.5, 0.6) is 11.6 Å². The molecule has 138 valence electrons. The Hall–Kier alpha value is -2.79. The molecule has 2 heterocycles. The summed E-state index contributed by atoms with van der Waals surface area (Å²) in [7, 11) is 0. The van der Waals surface area contributed by atoms with Gasteiger partial charge in [-0.25, -0.2) is 4.98 Å². The van der Waals surface area contributed by atoms with Gasteiger partial charge in [-0.05, 0) is 6.08 Å². The molecule has 2 rings (SSSR count). The Morgan fingerprint density at radius 2 is 1.80 bits per heavy atom. The van der Waals surface area contributed by atoms with E-state index in [9.17, 15) is 36.6 Å². The number of rotatable bonds is 4. The number of aromatic hydroxyl groups is 1. The molecule has 1 aliphatic heterocycles. The molecule has 0 saturated carbocycles. The second kappa shape index (κ2) is 6.61. The van der Waals surface area contributed by atoms with Crippen LogP contribution in [0.3, 0.4) is 0 Å². The van der Waals surface area contributed by atoms with E-state index in [-0.39, 0.29) is 5.76 Å². The standard InChI is InChI=1S/C13H10F6N2O4/c14-12(15,16)6-24-10-3-8(9(23)4-20-10)21-5-7(22)1-2-11(21)25-13(17,18)19/h1-4,22-23H,5-6H2. The summed E-state index contributed by atoms with van der Waals surface area (Å²) in [5, 5.41) is 19.3. The largest absolute Gasteiger partial charge is 0.574 e. The number of anilines is 1. The summed E-state index contributed by atoms with van der Waals surface area (Å²) in [4.78, 5) is 4.09. The van der Waals surface area contributed by atoms with Crippen LogP contribution in [0.2, 0.25) is 0 Å². The molecule has 0 amide bonds. The molecule has 0 aliphatic carbocycles. The quantitative estimate of drug-likeness (QED) is 0.790. The van der Waals surface area contributed by atoms with Gasteiger partial charge in [0.15, 0.2) is 12.4 Å². The summed E-state index contributed by atoms with van der Waals surface area (Å²) in [6, 6.07) is 0.785. The van der Waals surface area contributed by atoms with Crippen LogP contribution in [0.25, 0.3) is 0 Å². The van der Waals surface area contributed by atoms with Crippen molar-refractivity contribution >= 4 is 5.69 Å². The van der Waals surface area contributed by atoms with Crippen LogP contribution in [-0.2, 0) is 4.74 Å². The van der Waals surface area contributed by atoms with Gasteiger partial charge in [-0.3, -0.25) is 0 Å². The van der Waals surface area contributed by atoms with Crippen molar-refractivity contribution in [1.29, 1.82) is 0 Å². The lowest BCUT2D eigenvalue weighted by atomic mass is 10.2. The minimum absolute atomic E-state index is 0.372. The monoisotopic (exact) mass is 372 g/mol. The summed E-state index contributed by atoms with van der Waals surface area (Å²) in [5.41, 5.74) is -0.401. The van der Waals surface area contributed by atoms with Crippen LogP contribution in [0.1, 0.15) is 0 Å². The molecule has 0 spiro atoms. The maximum Gasteiger partial charge on any atom is 0.574 e. The average Bonchev–Trinajstić information content (AvgIpc) is 2.46. The van der Waals surface area contributed by atoms with Crippen LogP contribution in [-0.4, -0.2) is 40.9 Å². The Labute approximate surface area is 136 Å². The second-order valence-corrected chi connectivity index (χ2v) is 4.71. The third kappa shape index (κ3) is 5.36. The molecule has 1 aliphatic rings. The minimum Gasteiger partial charge on any atom is -0.510 e. The van der Waals surface area contributed by atoms with E-state index >= 15 is 0 Å². The maximum atomic E-state index is 12.5. The Kier molecular flexibility index (Phi) is 4.90. The number of hydrogen-bond acceptors (Lipinski definition) is 6. The topological polar surface area (TPSA) is 75.1 Å². The molecule has 2 N–H and O–H groups in total. The molecule has 0 fully saturated rings. The number of pyridine rings is 1. The average molecular weight is 372 g/mol. The molecule has 0 unspecified atom stereocenters. The van der Waals surface area contributed by atoms with Crippen LogP contribution < -0.4 is 9.64 Å². The number of aromatic nitrogens is 1. The number of allylic oxidation sites excluding steroid dienone is 2. The third-order valence-electron chi connectivity index (χ3n) is 2.74. The summed E-state index contributed by atoms with van der Waals surface area (Å²) in [6.45, 7) is -2.21. The summed E-state index contributed by atoms with van der Waals surface area (Å²) in [5.74, 6) is -2.44. The van der Waals surface area contributed by atoms with Crippen molar-refractivity contribution in [1.82, 2.24) is 4.98 Å². The van der Waals surface area contributed by atoms with Crippen molar-refractivity contribution in [2.75, 3.05) is 18.1 Å². The minimum atomic E-state index is -5.07. The normalized spacial score (nSPS) is 15.5. The highest BCUT2D eigenvalue weighted by Gasteiger charge is 2.36. The molecular formula is C13H10F6N2O4. The fraction of sp³-hybridized carbons (Fsp3) is 0.308. The Morgan fingerprint density at radius 3 is 2.40 bits per heavy atom. The van der Waals surface area contributed by atoms with Gasteiger partial charge < -0.3 is 24.6 Å². The van der Waals surface area contributed by atoms with E-state index in [4.69, 9.17) is 0 Å². The predicted molar refractivity (Wildman–Crippen MR) is 70.7 cm³/mol. The van der Waals surface area contributed by atoms with Crippen LogP contribution >= 0.6 is 0 Å². The fourth-order valence-corrected chi connectivity index (χ4v) is 1.83.